The molecule has 2 aromatic rings. The topological polar surface area (TPSA) is 47.3 Å². The van der Waals surface area contributed by atoms with Crippen molar-refractivity contribution in [1.82, 2.24) is 14.6 Å². The van der Waals surface area contributed by atoms with E-state index in [2.05, 4.69) is 10.1 Å². The van der Waals surface area contributed by atoms with Crippen LogP contribution in [-0.2, 0) is 6.42 Å². The molecular formula is C11H13N3O. The molecule has 0 aromatic carbocycles. The van der Waals surface area contributed by atoms with Gasteiger partial charge < -0.3 is 0 Å². The van der Waals surface area contributed by atoms with Crippen molar-refractivity contribution >= 4 is 11.9 Å². The summed E-state index contributed by atoms with van der Waals surface area (Å²) in [5.74, 6) is 0. The van der Waals surface area contributed by atoms with E-state index < -0.39 is 0 Å². The van der Waals surface area contributed by atoms with Gasteiger partial charge >= 0.3 is 0 Å². The van der Waals surface area contributed by atoms with Crippen LogP contribution in [0.15, 0.2) is 6.07 Å². The number of imidazole rings is 1. The lowest BCUT2D eigenvalue weighted by molar-refractivity contribution is 0.111. The van der Waals surface area contributed by atoms with Gasteiger partial charge in [0.25, 0.3) is 0 Å². The van der Waals surface area contributed by atoms with Crippen LogP contribution in [0.5, 0.6) is 0 Å². The molecule has 0 saturated carbocycles. The number of hydrogen-bond acceptors (Lipinski definition) is 3. The van der Waals surface area contributed by atoms with Gasteiger partial charge in [0.15, 0.2) is 11.9 Å². The number of fused-ring (bicyclic) bond motifs is 1. The fourth-order valence-corrected chi connectivity index (χ4v) is 1.77. The average Bonchev–Trinajstić information content (AvgIpc) is 2.55. The van der Waals surface area contributed by atoms with E-state index in [0.717, 1.165) is 35.3 Å². The summed E-state index contributed by atoms with van der Waals surface area (Å²) in [6, 6.07) is 1.97. The van der Waals surface area contributed by atoms with Gasteiger partial charge in [0.2, 0.25) is 0 Å². The quantitative estimate of drug-likeness (QED) is 0.698. The second kappa shape index (κ2) is 3.46. The second-order valence-corrected chi connectivity index (χ2v) is 3.62. The zero-order chi connectivity index (χ0) is 11.0. The Bertz CT molecular complexity index is 528. The summed E-state index contributed by atoms with van der Waals surface area (Å²) >= 11 is 0. The molecule has 78 valence electrons. The van der Waals surface area contributed by atoms with E-state index >= 15 is 0 Å². The van der Waals surface area contributed by atoms with Crippen LogP contribution in [0.25, 0.3) is 5.65 Å². The van der Waals surface area contributed by atoms with Crippen LogP contribution >= 0.6 is 0 Å². The fraction of sp³-hybridized carbons (Fsp3) is 0.364. The molecule has 4 heteroatoms. The summed E-state index contributed by atoms with van der Waals surface area (Å²) in [5, 5.41) is 4.30. The van der Waals surface area contributed by atoms with Crippen LogP contribution in [0.2, 0.25) is 0 Å². The van der Waals surface area contributed by atoms with Gasteiger partial charge in [0, 0.05) is 0 Å². The molecule has 2 heterocycles. The lowest BCUT2D eigenvalue weighted by Gasteiger charge is -1.99. The molecule has 15 heavy (non-hydrogen) atoms. The standard InChI is InChI=1S/C11H13N3O/c1-4-9-10(6-15)14-11(12-9)7(2)5-8(3)13-14/h5-6H,4H2,1-3H3. The Morgan fingerprint density at radius 2 is 2.20 bits per heavy atom. The highest BCUT2D eigenvalue weighted by molar-refractivity contribution is 5.76. The monoisotopic (exact) mass is 203 g/mol. The van der Waals surface area contributed by atoms with Crippen molar-refractivity contribution in [3.63, 3.8) is 0 Å². The van der Waals surface area contributed by atoms with Crippen molar-refractivity contribution in [3.05, 3.63) is 28.7 Å². The SMILES string of the molecule is CCc1nc2c(C)cc(C)nn2c1C=O. The molecule has 0 bridgehead atoms. The maximum Gasteiger partial charge on any atom is 0.170 e. The Labute approximate surface area is 87.9 Å². The third-order valence-electron chi connectivity index (χ3n) is 2.45. The largest absolute Gasteiger partial charge is 0.296 e. The molecule has 2 aromatic heterocycles. The second-order valence-electron chi connectivity index (χ2n) is 3.62. The van der Waals surface area contributed by atoms with E-state index in [1.165, 1.54) is 0 Å². The number of nitrogens with zero attached hydrogens (tertiary/aromatic N) is 3. The number of aldehydes is 1. The van der Waals surface area contributed by atoms with E-state index in [-0.39, 0.29) is 0 Å². The third kappa shape index (κ3) is 1.42. The van der Waals surface area contributed by atoms with Gasteiger partial charge in [-0.2, -0.15) is 5.10 Å². The minimum Gasteiger partial charge on any atom is -0.296 e. The lowest BCUT2D eigenvalue weighted by Crippen LogP contribution is -2.01. The Hall–Kier alpha value is -1.71. The number of rotatable bonds is 2. The summed E-state index contributed by atoms with van der Waals surface area (Å²) in [6.45, 7) is 5.87. The number of aryl methyl sites for hydroxylation is 3. The average molecular weight is 203 g/mol. The molecular weight excluding hydrogens is 190 g/mol. The van der Waals surface area contributed by atoms with Crippen molar-refractivity contribution in [2.24, 2.45) is 0 Å². The highest BCUT2D eigenvalue weighted by Gasteiger charge is 2.12. The van der Waals surface area contributed by atoms with Gasteiger partial charge in [-0.25, -0.2) is 9.50 Å². The van der Waals surface area contributed by atoms with E-state index in [1.54, 1.807) is 4.52 Å². The number of carbonyl (C=O) groups excluding carboxylic acids is 1. The van der Waals surface area contributed by atoms with E-state index in [0.29, 0.717) is 5.69 Å². The van der Waals surface area contributed by atoms with Crippen LogP contribution in [0, 0.1) is 13.8 Å². The lowest BCUT2D eigenvalue weighted by atomic mass is 10.3. The molecule has 0 N–H and O–H groups in total. The van der Waals surface area contributed by atoms with Crippen LogP contribution in [-0.4, -0.2) is 20.9 Å². The van der Waals surface area contributed by atoms with Crippen molar-refractivity contribution in [1.29, 1.82) is 0 Å². The Balaban J connectivity index is 2.88. The van der Waals surface area contributed by atoms with E-state index in [4.69, 9.17) is 0 Å². The molecule has 2 rings (SSSR count). The van der Waals surface area contributed by atoms with Crippen molar-refractivity contribution in [2.75, 3.05) is 0 Å². The Morgan fingerprint density at radius 1 is 1.47 bits per heavy atom. The van der Waals surface area contributed by atoms with Crippen LogP contribution in [0.1, 0.15) is 34.4 Å². The Morgan fingerprint density at radius 3 is 2.80 bits per heavy atom. The summed E-state index contributed by atoms with van der Waals surface area (Å²) < 4.78 is 1.64. The molecule has 0 spiro atoms. The van der Waals surface area contributed by atoms with Crippen LogP contribution in [0.4, 0.5) is 0 Å². The van der Waals surface area contributed by atoms with E-state index in [1.807, 2.05) is 26.8 Å². The van der Waals surface area contributed by atoms with Gasteiger partial charge in [0.05, 0.1) is 11.4 Å². The first kappa shape index (κ1) is 9.83. The molecule has 0 aliphatic rings. The van der Waals surface area contributed by atoms with Gasteiger partial charge in [-0.3, -0.25) is 4.79 Å². The minimum absolute atomic E-state index is 0.569. The van der Waals surface area contributed by atoms with Crippen LogP contribution in [0.3, 0.4) is 0 Å². The van der Waals surface area contributed by atoms with Gasteiger partial charge in [0.1, 0.15) is 5.69 Å². The van der Waals surface area contributed by atoms with Crippen molar-refractivity contribution < 1.29 is 4.79 Å². The number of hydrogen-bond donors (Lipinski definition) is 0. The normalized spacial score (nSPS) is 10.9. The first-order valence-corrected chi connectivity index (χ1v) is 4.98. The summed E-state index contributed by atoms with van der Waals surface area (Å²) in [4.78, 5) is 15.4. The molecule has 0 amide bonds. The molecule has 0 unspecified atom stereocenters. The first-order valence-electron chi connectivity index (χ1n) is 4.98. The first-order chi connectivity index (χ1) is 7.17. The molecule has 0 fully saturated rings. The van der Waals surface area contributed by atoms with Gasteiger partial charge in [-0.05, 0) is 31.9 Å². The smallest absolute Gasteiger partial charge is 0.170 e. The van der Waals surface area contributed by atoms with Crippen LogP contribution < -0.4 is 0 Å². The highest BCUT2D eigenvalue weighted by atomic mass is 16.1. The predicted molar refractivity (Wildman–Crippen MR) is 57.2 cm³/mol. The number of aromatic nitrogens is 3. The molecule has 0 atom stereocenters. The molecule has 0 radical (unpaired) electrons. The minimum atomic E-state index is 0.569. The number of carbonyl (C=O) groups is 1. The molecule has 0 aliphatic carbocycles. The summed E-state index contributed by atoms with van der Waals surface area (Å²) in [7, 11) is 0. The zero-order valence-electron chi connectivity index (χ0n) is 9.11. The maximum absolute atomic E-state index is 11.0. The Kier molecular flexibility index (Phi) is 2.26. The maximum atomic E-state index is 11.0. The van der Waals surface area contributed by atoms with Crippen molar-refractivity contribution in [3.8, 4) is 0 Å². The third-order valence-corrected chi connectivity index (χ3v) is 2.45. The fourth-order valence-electron chi connectivity index (χ4n) is 1.77. The highest BCUT2D eigenvalue weighted by Crippen LogP contribution is 2.14. The predicted octanol–water partition coefficient (Wildman–Crippen LogP) is 1.72. The van der Waals surface area contributed by atoms with Gasteiger partial charge in [-0.15, -0.1) is 0 Å². The molecule has 0 saturated heterocycles. The summed E-state index contributed by atoms with van der Waals surface area (Å²) in [6.07, 6.45) is 1.57. The molecule has 4 nitrogen and oxygen atoms in total. The zero-order valence-corrected chi connectivity index (χ0v) is 9.11. The summed E-state index contributed by atoms with van der Waals surface area (Å²) in [5.41, 5.74) is 4.10. The van der Waals surface area contributed by atoms with E-state index in [9.17, 15) is 4.79 Å². The van der Waals surface area contributed by atoms with Gasteiger partial charge in [-0.1, -0.05) is 6.92 Å². The van der Waals surface area contributed by atoms with Crippen molar-refractivity contribution in [2.45, 2.75) is 27.2 Å². The molecule has 0 aliphatic heterocycles.